The number of sulfone groups is 1. The van der Waals surface area contributed by atoms with Crippen LogP contribution < -0.4 is 4.90 Å². The van der Waals surface area contributed by atoms with E-state index in [2.05, 4.69) is 4.98 Å². The number of halogens is 2. The number of carbonyl (C=O) groups is 1. The van der Waals surface area contributed by atoms with Gasteiger partial charge in [-0.1, -0.05) is 17.7 Å². The predicted octanol–water partition coefficient (Wildman–Crippen LogP) is 3.41. The second kappa shape index (κ2) is 7.91. The summed E-state index contributed by atoms with van der Waals surface area (Å²) >= 11 is 6.00. The van der Waals surface area contributed by atoms with Gasteiger partial charge in [-0.3, -0.25) is 4.79 Å². The van der Waals surface area contributed by atoms with Crippen LogP contribution in [0.4, 0.5) is 10.1 Å². The van der Waals surface area contributed by atoms with Gasteiger partial charge in [0.15, 0.2) is 14.9 Å². The summed E-state index contributed by atoms with van der Waals surface area (Å²) in [5.41, 5.74) is 0.662. The molecule has 0 bridgehead atoms. The molecule has 1 aliphatic heterocycles. The molecule has 0 atom stereocenters. The number of nitrogens with zero attached hydrogens (tertiary/aromatic N) is 3. The number of hydrogen-bond donors (Lipinski definition) is 0. The molecule has 0 aliphatic carbocycles. The Bertz CT molecular complexity index is 992. The quantitative estimate of drug-likeness (QED) is 0.733. The molecule has 1 fully saturated rings. The first-order chi connectivity index (χ1) is 13.5. The summed E-state index contributed by atoms with van der Waals surface area (Å²) in [6.07, 6.45) is 1.53. The zero-order valence-electron chi connectivity index (χ0n) is 16.5. The molecule has 2 heterocycles. The van der Waals surface area contributed by atoms with E-state index in [-0.39, 0.29) is 15.6 Å². The van der Waals surface area contributed by atoms with E-state index in [0.717, 1.165) is 5.69 Å². The Morgan fingerprint density at radius 1 is 1.10 bits per heavy atom. The monoisotopic (exact) mass is 439 g/mol. The summed E-state index contributed by atoms with van der Waals surface area (Å²) in [5.74, 6) is -1.07. The summed E-state index contributed by atoms with van der Waals surface area (Å²) in [7, 11) is -3.51. The van der Waals surface area contributed by atoms with E-state index in [1.54, 1.807) is 31.7 Å². The third-order valence-electron chi connectivity index (χ3n) is 4.91. The van der Waals surface area contributed by atoms with E-state index in [0.29, 0.717) is 26.2 Å². The molecule has 9 heteroatoms. The van der Waals surface area contributed by atoms with Crippen molar-refractivity contribution in [3.05, 3.63) is 52.9 Å². The molecule has 1 aliphatic rings. The molecule has 1 amide bonds. The largest absolute Gasteiger partial charge is 0.367 e. The average Bonchev–Trinajstić information content (AvgIpc) is 2.67. The van der Waals surface area contributed by atoms with Crippen molar-refractivity contribution in [3.8, 4) is 0 Å². The summed E-state index contributed by atoms with van der Waals surface area (Å²) in [5, 5.41) is 0.133. The summed E-state index contributed by atoms with van der Waals surface area (Å²) < 4.78 is 38.1. The van der Waals surface area contributed by atoms with Crippen molar-refractivity contribution in [3.63, 3.8) is 0 Å². The second-order valence-corrected chi connectivity index (χ2v) is 10.9. The maximum absolute atomic E-state index is 14.0. The number of aromatic nitrogens is 1. The van der Waals surface area contributed by atoms with Crippen molar-refractivity contribution >= 4 is 33.0 Å². The molecular weight excluding hydrogens is 417 g/mol. The van der Waals surface area contributed by atoms with Crippen molar-refractivity contribution in [2.45, 2.75) is 30.5 Å². The minimum absolute atomic E-state index is 0.0387. The van der Waals surface area contributed by atoms with E-state index < -0.39 is 26.3 Å². The normalized spacial score (nSPS) is 15.5. The first-order valence-electron chi connectivity index (χ1n) is 9.21. The Morgan fingerprint density at radius 3 is 2.28 bits per heavy atom. The van der Waals surface area contributed by atoms with Crippen molar-refractivity contribution < 1.29 is 17.6 Å². The third-order valence-corrected chi connectivity index (χ3v) is 7.63. The highest BCUT2D eigenvalue weighted by molar-refractivity contribution is 7.92. The fourth-order valence-electron chi connectivity index (χ4n) is 3.06. The topological polar surface area (TPSA) is 70.6 Å². The van der Waals surface area contributed by atoms with Gasteiger partial charge in [0.1, 0.15) is 5.82 Å². The number of rotatable bonds is 3. The average molecular weight is 440 g/mol. The Kier molecular flexibility index (Phi) is 5.87. The zero-order valence-corrected chi connectivity index (χ0v) is 18.1. The van der Waals surface area contributed by atoms with Gasteiger partial charge in [0.2, 0.25) is 0 Å². The molecule has 0 spiro atoms. The highest BCUT2D eigenvalue weighted by Gasteiger charge is 2.32. The minimum Gasteiger partial charge on any atom is -0.367 e. The van der Waals surface area contributed by atoms with Crippen LogP contribution in [0.5, 0.6) is 0 Å². The van der Waals surface area contributed by atoms with Gasteiger partial charge in [-0.25, -0.2) is 17.8 Å². The lowest BCUT2D eigenvalue weighted by atomic mass is 10.1. The molecule has 0 radical (unpaired) electrons. The van der Waals surface area contributed by atoms with Gasteiger partial charge in [0.25, 0.3) is 5.91 Å². The molecule has 3 rings (SSSR count). The van der Waals surface area contributed by atoms with E-state index in [9.17, 15) is 17.6 Å². The summed E-state index contributed by atoms with van der Waals surface area (Å²) in [6, 6.07) is 7.40. The molecular formula is C20H23ClFN3O3S. The van der Waals surface area contributed by atoms with Crippen LogP contribution in [-0.4, -0.2) is 55.1 Å². The fraction of sp³-hybridized carbons (Fsp3) is 0.400. The predicted molar refractivity (Wildman–Crippen MR) is 111 cm³/mol. The van der Waals surface area contributed by atoms with Gasteiger partial charge >= 0.3 is 0 Å². The maximum atomic E-state index is 14.0. The van der Waals surface area contributed by atoms with Crippen LogP contribution >= 0.6 is 11.6 Å². The molecule has 1 saturated heterocycles. The van der Waals surface area contributed by atoms with Gasteiger partial charge < -0.3 is 9.80 Å². The van der Waals surface area contributed by atoms with Crippen LogP contribution in [0.25, 0.3) is 0 Å². The Balaban J connectivity index is 1.69. The van der Waals surface area contributed by atoms with Gasteiger partial charge in [0.05, 0.1) is 27.2 Å². The molecule has 1 aromatic carbocycles. The van der Waals surface area contributed by atoms with E-state index >= 15 is 0 Å². The Labute approximate surface area is 175 Å². The third kappa shape index (κ3) is 4.23. The molecule has 0 N–H and O–H groups in total. The lowest BCUT2D eigenvalue weighted by Gasteiger charge is -2.36. The molecule has 29 heavy (non-hydrogen) atoms. The van der Waals surface area contributed by atoms with Crippen LogP contribution in [0.1, 0.15) is 31.1 Å². The molecule has 6 nitrogen and oxygen atoms in total. The molecule has 0 saturated carbocycles. The van der Waals surface area contributed by atoms with E-state index in [4.69, 9.17) is 11.6 Å². The number of pyridine rings is 1. The molecule has 156 valence electrons. The zero-order chi connectivity index (χ0) is 21.4. The maximum Gasteiger partial charge on any atom is 0.258 e. The Morgan fingerprint density at radius 2 is 1.76 bits per heavy atom. The van der Waals surface area contributed by atoms with E-state index in [1.807, 2.05) is 4.90 Å². The van der Waals surface area contributed by atoms with Crippen LogP contribution in [0.2, 0.25) is 5.02 Å². The standard InChI is InChI=1S/C20H23ClFN3O3S/c1-20(2,3)29(27,28)17-8-7-14(13-23-17)24-9-11-25(12-10-24)19(26)18-15(21)5-4-6-16(18)22/h4-8,13H,9-12H2,1-3H3. The summed E-state index contributed by atoms with van der Waals surface area (Å²) in [6.45, 7) is 6.73. The fourth-order valence-corrected chi connectivity index (χ4v) is 4.37. The first kappa shape index (κ1) is 21.5. The van der Waals surface area contributed by atoms with Gasteiger partial charge in [-0.05, 0) is 45.0 Å². The van der Waals surface area contributed by atoms with Crippen LogP contribution in [0, 0.1) is 5.82 Å². The molecule has 1 aromatic heterocycles. The van der Waals surface area contributed by atoms with Crippen molar-refractivity contribution in [2.75, 3.05) is 31.1 Å². The van der Waals surface area contributed by atoms with Gasteiger partial charge in [-0.15, -0.1) is 0 Å². The van der Waals surface area contributed by atoms with Crippen LogP contribution in [-0.2, 0) is 9.84 Å². The van der Waals surface area contributed by atoms with E-state index in [1.165, 1.54) is 30.5 Å². The number of amides is 1. The highest BCUT2D eigenvalue weighted by atomic mass is 35.5. The van der Waals surface area contributed by atoms with Crippen molar-refractivity contribution in [1.82, 2.24) is 9.88 Å². The van der Waals surface area contributed by atoms with Gasteiger partial charge in [-0.2, -0.15) is 0 Å². The number of anilines is 1. The lowest BCUT2D eigenvalue weighted by Crippen LogP contribution is -2.49. The van der Waals surface area contributed by atoms with Crippen molar-refractivity contribution in [2.24, 2.45) is 0 Å². The highest BCUT2D eigenvalue weighted by Crippen LogP contribution is 2.26. The first-order valence-corrected chi connectivity index (χ1v) is 11.1. The summed E-state index contributed by atoms with van der Waals surface area (Å²) in [4.78, 5) is 20.3. The molecule has 0 unspecified atom stereocenters. The van der Waals surface area contributed by atoms with Crippen molar-refractivity contribution in [1.29, 1.82) is 0 Å². The van der Waals surface area contributed by atoms with Crippen LogP contribution in [0.15, 0.2) is 41.6 Å². The lowest BCUT2D eigenvalue weighted by molar-refractivity contribution is 0.0742. The second-order valence-electron chi connectivity index (χ2n) is 7.85. The minimum atomic E-state index is -3.51. The number of benzene rings is 1. The number of carbonyl (C=O) groups excluding carboxylic acids is 1. The smallest absolute Gasteiger partial charge is 0.258 e. The Hall–Kier alpha value is -2.19. The number of hydrogen-bond acceptors (Lipinski definition) is 5. The number of piperazine rings is 1. The molecule has 2 aromatic rings. The van der Waals surface area contributed by atoms with Gasteiger partial charge in [0, 0.05) is 26.2 Å². The van der Waals surface area contributed by atoms with Crippen LogP contribution in [0.3, 0.4) is 0 Å². The SMILES string of the molecule is CC(C)(C)S(=O)(=O)c1ccc(N2CCN(C(=O)c3c(F)cccc3Cl)CC2)cn1.